The number of hydrogen-bond donors (Lipinski definition) is 2. The predicted molar refractivity (Wildman–Crippen MR) is 140 cm³/mol. The first-order valence-corrected chi connectivity index (χ1v) is 11.6. The molecule has 6 heteroatoms. The molecule has 6 nitrogen and oxygen atoms in total. The lowest BCUT2D eigenvalue weighted by Gasteiger charge is -2.06. The van der Waals surface area contributed by atoms with Gasteiger partial charge in [0.1, 0.15) is 0 Å². The van der Waals surface area contributed by atoms with Crippen molar-refractivity contribution in [3.8, 4) is 0 Å². The fourth-order valence-electron chi connectivity index (χ4n) is 1.70. The smallest absolute Gasteiger partial charge is 0.338 e. The molecule has 0 aliphatic heterocycles. The average Bonchev–Trinajstić information content (AvgIpc) is 2.96. The van der Waals surface area contributed by atoms with Gasteiger partial charge in [0.15, 0.2) is 0 Å². The fourth-order valence-corrected chi connectivity index (χ4v) is 1.70. The molecule has 0 radical (unpaired) electrons. The van der Waals surface area contributed by atoms with E-state index in [1.54, 1.807) is 48.5 Å². The van der Waals surface area contributed by atoms with Crippen LogP contribution in [0.15, 0.2) is 60.7 Å². The molecule has 0 atom stereocenters. The van der Waals surface area contributed by atoms with Crippen molar-refractivity contribution in [2.75, 3.05) is 27.4 Å². The molecule has 33 heavy (non-hydrogen) atoms. The van der Waals surface area contributed by atoms with E-state index in [4.69, 9.17) is 19.7 Å². The molecule has 0 spiro atoms. The number of benzene rings is 2. The van der Waals surface area contributed by atoms with E-state index in [1.165, 1.54) is 0 Å². The molecule has 0 amide bonds. The minimum absolute atomic E-state index is 0.218. The van der Waals surface area contributed by atoms with Crippen molar-refractivity contribution in [1.82, 2.24) is 0 Å². The van der Waals surface area contributed by atoms with Gasteiger partial charge in [0.05, 0.1) is 24.3 Å². The van der Waals surface area contributed by atoms with Crippen LogP contribution in [0.1, 0.15) is 82.5 Å². The standard InChI is InChI=1S/C17H16O4.4C2H6.2CH4O/c18-16(14-8-3-1-4-9-14)20-12-7-13-21-17(19)15-10-5-2-6-11-15;6*1-2/h1-6,8-11H,7,12-13H2;4*1-2H3;2*2H,1H3. The minimum Gasteiger partial charge on any atom is -0.462 e. The molecule has 0 saturated heterocycles. The SMILES string of the molecule is CC.CC.CC.CC.CO.CO.O=C(OCCCOC(=O)c1ccccc1)c1ccccc1. The number of carbonyl (C=O) groups is 2. The Balaban J connectivity index is -0.000000189. The number of esters is 2. The van der Waals surface area contributed by atoms with E-state index < -0.39 is 0 Å². The number of aliphatic hydroxyl groups is 2. The molecule has 0 fully saturated rings. The van der Waals surface area contributed by atoms with E-state index in [9.17, 15) is 9.59 Å². The highest BCUT2D eigenvalue weighted by atomic mass is 16.5. The summed E-state index contributed by atoms with van der Waals surface area (Å²) < 4.78 is 10.2. The Morgan fingerprint density at radius 3 is 1.03 bits per heavy atom. The summed E-state index contributed by atoms with van der Waals surface area (Å²) >= 11 is 0. The summed E-state index contributed by atoms with van der Waals surface area (Å²) in [5, 5.41) is 14.0. The van der Waals surface area contributed by atoms with Crippen LogP contribution in [0.4, 0.5) is 0 Å². The Kier molecular flexibility index (Phi) is 48.9. The molecule has 0 bridgehead atoms. The van der Waals surface area contributed by atoms with Crippen LogP contribution in [-0.2, 0) is 9.47 Å². The van der Waals surface area contributed by atoms with Gasteiger partial charge in [-0.25, -0.2) is 9.59 Å². The van der Waals surface area contributed by atoms with Crippen molar-refractivity contribution in [2.24, 2.45) is 0 Å². The average molecular weight is 469 g/mol. The molecule has 0 heterocycles. The zero-order valence-corrected chi connectivity index (χ0v) is 22.4. The lowest BCUT2D eigenvalue weighted by Crippen LogP contribution is -2.11. The molecule has 192 valence electrons. The van der Waals surface area contributed by atoms with Crippen LogP contribution >= 0.6 is 0 Å². The van der Waals surface area contributed by atoms with E-state index >= 15 is 0 Å². The van der Waals surface area contributed by atoms with Crippen molar-refractivity contribution in [3.63, 3.8) is 0 Å². The van der Waals surface area contributed by atoms with Crippen LogP contribution in [0, 0.1) is 0 Å². The second-order valence-corrected chi connectivity index (χ2v) is 4.36. The van der Waals surface area contributed by atoms with Crippen LogP contribution in [0.5, 0.6) is 0 Å². The molecule has 0 aromatic heterocycles. The molecule has 2 aromatic rings. The van der Waals surface area contributed by atoms with Gasteiger partial charge in [-0.15, -0.1) is 0 Å². The van der Waals surface area contributed by atoms with Gasteiger partial charge in [-0.1, -0.05) is 91.8 Å². The molecular weight excluding hydrogens is 420 g/mol. The lowest BCUT2D eigenvalue weighted by atomic mass is 10.2. The Morgan fingerprint density at radius 2 is 0.788 bits per heavy atom. The zero-order valence-electron chi connectivity index (χ0n) is 22.4. The quantitative estimate of drug-likeness (QED) is 0.376. The Labute approximate surface area is 202 Å². The fraction of sp³-hybridized carbons (Fsp3) is 0.481. The maximum Gasteiger partial charge on any atom is 0.338 e. The van der Waals surface area contributed by atoms with Crippen molar-refractivity contribution in [3.05, 3.63) is 71.8 Å². The van der Waals surface area contributed by atoms with Gasteiger partial charge in [0, 0.05) is 20.6 Å². The highest BCUT2D eigenvalue weighted by Gasteiger charge is 2.07. The monoisotopic (exact) mass is 468 g/mol. The maximum atomic E-state index is 11.6. The van der Waals surface area contributed by atoms with Crippen LogP contribution in [0.2, 0.25) is 0 Å². The lowest BCUT2D eigenvalue weighted by molar-refractivity contribution is 0.0396. The first-order chi connectivity index (χ1) is 16.3. The van der Waals surface area contributed by atoms with E-state index in [0.29, 0.717) is 17.5 Å². The van der Waals surface area contributed by atoms with Crippen LogP contribution in [0.25, 0.3) is 0 Å². The first-order valence-electron chi connectivity index (χ1n) is 11.6. The third kappa shape index (κ3) is 25.4. The highest BCUT2D eigenvalue weighted by Crippen LogP contribution is 2.03. The molecule has 0 aliphatic rings. The summed E-state index contributed by atoms with van der Waals surface area (Å²) in [6.07, 6.45) is 0.469. The van der Waals surface area contributed by atoms with E-state index in [0.717, 1.165) is 14.2 Å². The van der Waals surface area contributed by atoms with Gasteiger partial charge in [0.25, 0.3) is 0 Å². The number of rotatable bonds is 6. The molecular formula is C27H48O6. The van der Waals surface area contributed by atoms with Gasteiger partial charge < -0.3 is 19.7 Å². The van der Waals surface area contributed by atoms with Crippen molar-refractivity contribution < 1.29 is 29.3 Å². The van der Waals surface area contributed by atoms with E-state index in [-0.39, 0.29) is 25.2 Å². The predicted octanol–water partition coefficient (Wildman–Crippen LogP) is 6.41. The first kappa shape index (κ1) is 40.6. The normalized spacial score (nSPS) is 7.39. The maximum absolute atomic E-state index is 11.6. The van der Waals surface area contributed by atoms with E-state index in [2.05, 4.69) is 0 Å². The second-order valence-electron chi connectivity index (χ2n) is 4.36. The van der Waals surface area contributed by atoms with Crippen LogP contribution in [-0.4, -0.2) is 49.6 Å². The summed E-state index contributed by atoms with van der Waals surface area (Å²) in [5.41, 5.74) is 1.03. The highest BCUT2D eigenvalue weighted by molar-refractivity contribution is 5.89. The Bertz CT molecular complexity index is 533. The largest absolute Gasteiger partial charge is 0.462 e. The van der Waals surface area contributed by atoms with Gasteiger partial charge >= 0.3 is 11.9 Å². The number of hydrogen-bond acceptors (Lipinski definition) is 6. The Morgan fingerprint density at radius 1 is 0.545 bits per heavy atom. The number of aliphatic hydroxyl groups excluding tert-OH is 2. The minimum atomic E-state index is -0.370. The van der Waals surface area contributed by atoms with Crippen LogP contribution in [0.3, 0.4) is 0 Å². The third-order valence-electron chi connectivity index (χ3n) is 2.77. The van der Waals surface area contributed by atoms with Gasteiger partial charge in [-0.3, -0.25) is 0 Å². The molecule has 0 saturated carbocycles. The molecule has 0 unspecified atom stereocenters. The van der Waals surface area contributed by atoms with E-state index in [1.807, 2.05) is 67.5 Å². The summed E-state index contributed by atoms with van der Waals surface area (Å²) in [7, 11) is 2.00. The second kappa shape index (κ2) is 39.7. The van der Waals surface area contributed by atoms with Gasteiger partial charge in [0.2, 0.25) is 0 Å². The van der Waals surface area contributed by atoms with Crippen LogP contribution < -0.4 is 0 Å². The Hall–Kier alpha value is -2.70. The summed E-state index contributed by atoms with van der Waals surface area (Å²) in [4.78, 5) is 23.3. The summed E-state index contributed by atoms with van der Waals surface area (Å²) in [6.45, 7) is 16.4. The molecule has 0 aliphatic carbocycles. The topological polar surface area (TPSA) is 93.1 Å². The molecule has 2 aromatic carbocycles. The van der Waals surface area contributed by atoms with Gasteiger partial charge in [-0.2, -0.15) is 0 Å². The molecule has 2 rings (SSSR count). The zero-order chi connectivity index (χ0) is 26.9. The third-order valence-corrected chi connectivity index (χ3v) is 2.77. The van der Waals surface area contributed by atoms with Crippen molar-refractivity contribution in [2.45, 2.75) is 61.8 Å². The number of ether oxygens (including phenoxy) is 2. The number of carbonyl (C=O) groups excluding carboxylic acids is 2. The van der Waals surface area contributed by atoms with Gasteiger partial charge in [-0.05, 0) is 24.3 Å². The summed E-state index contributed by atoms with van der Waals surface area (Å²) in [6, 6.07) is 17.5. The van der Waals surface area contributed by atoms with Crippen molar-refractivity contribution >= 4 is 11.9 Å². The molecule has 2 N–H and O–H groups in total. The summed E-state index contributed by atoms with van der Waals surface area (Å²) in [5.74, 6) is -0.741. The van der Waals surface area contributed by atoms with Crippen molar-refractivity contribution in [1.29, 1.82) is 0 Å².